The van der Waals surface area contributed by atoms with E-state index in [2.05, 4.69) is 0 Å². The number of hydrogen-bond donors (Lipinski definition) is 0. The molecule has 1 aliphatic heterocycles. The molecule has 0 aliphatic carbocycles. The van der Waals surface area contributed by atoms with Crippen molar-refractivity contribution in [2.24, 2.45) is 0 Å². The van der Waals surface area contributed by atoms with E-state index >= 15 is 0 Å². The molecule has 0 saturated carbocycles. The van der Waals surface area contributed by atoms with Gasteiger partial charge in [-0.15, -0.1) is 0 Å². The maximum Gasteiger partial charge on any atom is 0.414 e. The Morgan fingerprint density at radius 2 is 1.62 bits per heavy atom. The second kappa shape index (κ2) is 11.4. The lowest BCUT2D eigenvalue weighted by atomic mass is 9.99. The van der Waals surface area contributed by atoms with Gasteiger partial charge in [0.15, 0.2) is 11.5 Å². The summed E-state index contributed by atoms with van der Waals surface area (Å²) < 4.78 is 16.9. The third kappa shape index (κ3) is 5.40. The van der Waals surface area contributed by atoms with Gasteiger partial charge in [0, 0.05) is 12.1 Å². The van der Waals surface area contributed by atoms with Gasteiger partial charge in [0.25, 0.3) is 5.91 Å². The highest BCUT2D eigenvalue weighted by Crippen LogP contribution is 2.40. The number of anilines is 2. The van der Waals surface area contributed by atoms with Crippen LogP contribution < -0.4 is 19.3 Å². The summed E-state index contributed by atoms with van der Waals surface area (Å²) in [6, 6.07) is 18.8. The maximum atomic E-state index is 13.9. The van der Waals surface area contributed by atoms with Crippen LogP contribution >= 0.6 is 0 Å². The number of benzene rings is 3. The fourth-order valence-electron chi connectivity index (χ4n) is 4.54. The number of nitrogens with zero attached hydrogens (tertiary/aromatic N) is 2. The van der Waals surface area contributed by atoms with Gasteiger partial charge in [-0.2, -0.15) is 0 Å². The topological polar surface area (TPSA) is 68.3 Å². The molecule has 0 radical (unpaired) electrons. The Morgan fingerprint density at radius 3 is 2.27 bits per heavy atom. The minimum absolute atomic E-state index is 0.168. The van der Waals surface area contributed by atoms with Gasteiger partial charge in [0.2, 0.25) is 0 Å². The molecule has 1 atom stereocenters. The van der Waals surface area contributed by atoms with Crippen molar-refractivity contribution >= 4 is 23.4 Å². The molecular formula is C30H34N2O5. The highest BCUT2D eigenvalue weighted by Gasteiger charge is 2.38. The summed E-state index contributed by atoms with van der Waals surface area (Å²) in [6.45, 7) is 8.80. The number of hydrogen-bond acceptors (Lipinski definition) is 5. The Hall–Kier alpha value is -4.00. The lowest BCUT2D eigenvalue weighted by Crippen LogP contribution is -2.53. The van der Waals surface area contributed by atoms with Crippen molar-refractivity contribution in [3.05, 3.63) is 82.9 Å². The smallest absolute Gasteiger partial charge is 0.414 e. The van der Waals surface area contributed by atoms with Crippen LogP contribution in [0.2, 0.25) is 0 Å². The molecule has 2 amide bonds. The number of rotatable bonds is 7. The molecular weight excluding hydrogens is 468 g/mol. The minimum Gasteiger partial charge on any atom is -0.493 e. The molecule has 0 N–H and O–H groups in total. The molecule has 1 aliphatic rings. The molecule has 194 valence electrons. The average molecular weight is 503 g/mol. The van der Waals surface area contributed by atoms with E-state index in [0.29, 0.717) is 48.0 Å². The van der Waals surface area contributed by atoms with E-state index in [0.717, 1.165) is 16.7 Å². The van der Waals surface area contributed by atoms with Crippen molar-refractivity contribution in [2.45, 2.75) is 46.8 Å². The number of aryl methyl sites for hydroxylation is 2. The largest absolute Gasteiger partial charge is 0.493 e. The molecule has 0 saturated heterocycles. The first-order valence-corrected chi connectivity index (χ1v) is 12.6. The van der Waals surface area contributed by atoms with Crippen LogP contribution in [-0.2, 0) is 11.3 Å². The highest BCUT2D eigenvalue weighted by atomic mass is 16.6. The Balaban J connectivity index is 1.71. The molecule has 37 heavy (non-hydrogen) atoms. The monoisotopic (exact) mass is 502 g/mol. The predicted octanol–water partition coefficient (Wildman–Crippen LogP) is 6.29. The third-order valence-electron chi connectivity index (χ3n) is 6.73. The van der Waals surface area contributed by atoms with E-state index in [-0.39, 0.29) is 18.6 Å². The molecule has 1 heterocycles. The van der Waals surface area contributed by atoms with Gasteiger partial charge in [-0.25, -0.2) is 4.79 Å². The number of ether oxygens (including phenoxy) is 3. The Bertz CT molecular complexity index is 1270. The van der Waals surface area contributed by atoms with Crippen molar-refractivity contribution in [3.63, 3.8) is 0 Å². The Morgan fingerprint density at radius 1 is 0.919 bits per heavy atom. The molecule has 1 unspecified atom stereocenters. The lowest BCUT2D eigenvalue weighted by Gasteiger charge is -2.42. The molecule has 3 aromatic carbocycles. The standard InChI is InChI=1S/C30H34N2O5/c1-6-24-18-31(25-15-20(3)21(4)16-26(25)32(24)30(34)36-7-2)29(33)23-13-14-27(35-5)28(17-23)37-19-22-11-9-8-10-12-22/h8-17,24H,6-7,18-19H2,1-5H3. The average Bonchev–Trinajstić information content (AvgIpc) is 2.91. The quantitative estimate of drug-likeness (QED) is 0.380. The number of amides is 2. The van der Waals surface area contributed by atoms with Crippen molar-refractivity contribution in [1.82, 2.24) is 0 Å². The molecule has 7 heteroatoms. The van der Waals surface area contributed by atoms with Crippen molar-refractivity contribution in [1.29, 1.82) is 0 Å². The van der Waals surface area contributed by atoms with Gasteiger partial charge in [0.05, 0.1) is 31.1 Å². The number of fused-ring (bicyclic) bond motifs is 1. The van der Waals surface area contributed by atoms with Gasteiger partial charge in [-0.05, 0) is 74.2 Å². The van der Waals surface area contributed by atoms with Gasteiger partial charge < -0.3 is 19.1 Å². The predicted molar refractivity (Wildman–Crippen MR) is 145 cm³/mol. The SMILES string of the molecule is CCOC(=O)N1c2cc(C)c(C)cc2N(C(=O)c2ccc(OC)c(OCc3ccccc3)c2)CC1CC. The van der Waals surface area contributed by atoms with E-state index in [4.69, 9.17) is 14.2 Å². The third-order valence-corrected chi connectivity index (χ3v) is 6.73. The van der Waals surface area contributed by atoms with Crippen LogP contribution in [0.15, 0.2) is 60.7 Å². The normalized spacial score (nSPS) is 14.7. The molecule has 0 fully saturated rings. The summed E-state index contributed by atoms with van der Waals surface area (Å²) in [5, 5.41) is 0. The van der Waals surface area contributed by atoms with Gasteiger partial charge >= 0.3 is 6.09 Å². The van der Waals surface area contributed by atoms with Crippen LogP contribution in [0.4, 0.5) is 16.2 Å². The molecule has 4 rings (SSSR count). The van der Waals surface area contributed by atoms with Crippen LogP contribution in [0.1, 0.15) is 47.3 Å². The second-order valence-corrected chi connectivity index (χ2v) is 9.11. The second-order valence-electron chi connectivity index (χ2n) is 9.11. The molecule has 3 aromatic rings. The van der Waals surface area contributed by atoms with Crippen LogP contribution in [0.25, 0.3) is 0 Å². The Labute approximate surface area is 218 Å². The van der Waals surface area contributed by atoms with E-state index in [9.17, 15) is 9.59 Å². The summed E-state index contributed by atoms with van der Waals surface area (Å²) in [4.78, 5) is 30.3. The summed E-state index contributed by atoms with van der Waals surface area (Å²) in [5.41, 5.74) is 4.94. The van der Waals surface area contributed by atoms with E-state index in [1.807, 2.05) is 63.2 Å². The van der Waals surface area contributed by atoms with Crippen molar-refractivity contribution in [2.75, 3.05) is 30.1 Å². The zero-order valence-corrected chi connectivity index (χ0v) is 22.1. The number of carbonyl (C=O) groups is 2. The van der Waals surface area contributed by atoms with Gasteiger partial charge in [-0.3, -0.25) is 9.69 Å². The summed E-state index contributed by atoms with van der Waals surface area (Å²) in [6.07, 6.45) is 0.273. The fraction of sp³-hybridized carbons (Fsp3) is 0.333. The fourth-order valence-corrected chi connectivity index (χ4v) is 4.54. The number of methoxy groups -OCH3 is 1. The summed E-state index contributed by atoms with van der Waals surface area (Å²) in [5.74, 6) is 0.881. The first kappa shape index (κ1) is 26.1. The lowest BCUT2D eigenvalue weighted by molar-refractivity contribution is 0.0981. The minimum atomic E-state index is -0.396. The van der Waals surface area contributed by atoms with E-state index < -0.39 is 6.09 Å². The Kier molecular flexibility index (Phi) is 8.01. The van der Waals surface area contributed by atoms with Crippen molar-refractivity contribution < 1.29 is 23.8 Å². The summed E-state index contributed by atoms with van der Waals surface area (Å²) >= 11 is 0. The zero-order valence-electron chi connectivity index (χ0n) is 22.1. The van der Waals surface area contributed by atoms with Crippen LogP contribution in [0, 0.1) is 13.8 Å². The molecule has 0 spiro atoms. The zero-order chi connectivity index (χ0) is 26.5. The van der Waals surface area contributed by atoms with Crippen LogP contribution in [-0.4, -0.2) is 38.3 Å². The van der Waals surface area contributed by atoms with Crippen molar-refractivity contribution in [3.8, 4) is 11.5 Å². The molecule has 0 bridgehead atoms. The maximum absolute atomic E-state index is 13.9. The van der Waals surface area contributed by atoms with Gasteiger partial charge in [-0.1, -0.05) is 37.3 Å². The van der Waals surface area contributed by atoms with Crippen LogP contribution in [0.3, 0.4) is 0 Å². The van der Waals surface area contributed by atoms with E-state index in [1.165, 1.54) is 0 Å². The van der Waals surface area contributed by atoms with Gasteiger partial charge in [0.1, 0.15) is 6.61 Å². The number of carbonyl (C=O) groups excluding carboxylic acids is 2. The molecule has 7 nitrogen and oxygen atoms in total. The molecule has 0 aromatic heterocycles. The van der Waals surface area contributed by atoms with E-state index in [1.54, 1.807) is 42.0 Å². The summed E-state index contributed by atoms with van der Waals surface area (Å²) in [7, 11) is 1.58. The highest BCUT2D eigenvalue weighted by molar-refractivity contribution is 6.10. The first-order valence-electron chi connectivity index (χ1n) is 12.6. The van der Waals surface area contributed by atoms with Crippen LogP contribution in [0.5, 0.6) is 11.5 Å². The first-order chi connectivity index (χ1) is 17.9.